The van der Waals surface area contributed by atoms with Gasteiger partial charge >= 0.3 is 12.1 Å². The van der Waals surface area contributed by atoms with E-state index in [0.717, 1.165) is 32.6 Å². The summed E-state index contributed by atoms with van der Waals surface area (Å²) in [7, 11) is 0. The van der Waals surface area contributed by atoms with Gasteiger partial charge in [0.2, 0.25) is 5.91 Å². The predicted octanol–water partition coefficient (Wildman–Crippen LogP) is 3.24. The predicted molar refractivity (Wildman–Crippen MR) is 96.3 cm³/mol. The highest BCUT2D eigenvalue weighted by Crippen LogP contribution is 2.45. The number of hydrogen-bond donors (Lipinski definition) is 1. The van der Waals surface area contributed by atoms with Crippen molar-refractivity contribution in [3.05, 3.63) is 35.0 Å². The van der Waals surface area contributed by atoms with Crippen molar-refractivity contribution in [2.45, 2.75) is 26.1 Å². The van der Waals surface area contributed by atoms with E-state index in [0.29, 0.717) is 18.4 Å². The number of aliphatic carboxylic acids is 1. The Hall–Kier alpha value is -1.87. The van der Waals surface area contributed by atoms with Crippen LogP contribution < -0.4 is 0 Å². The maximum atomic E-state index is 12.7. The van der Waals surface area contributed by atoms with E-state index in [1.807, 2.05) is 11.0 Å². The van der Waals surface area contributed by atoms with E-state index < -0.39 is 12.1 Å². The first kappa shape index (κ1) is 21.4. The fourth-order valence-corrected chi connectivity index (χ4v) is 4.46. The van der Waals surface area contributed by atoms with E-state index in [2.05, 4.69) is 35.9 Å². The van der Waals surface area contributed by atoms with Crippen LogP contribution in [0.15, 0.2) is 30.2 Å². The minimum absolute atomic E-state index is 0.139. The molecule has 5 nitrogen and oxygen atoms in total. The second-order valence-electron chi connectivity index (χ2n) is 6.90. The maximum Gasteiger partial charge on any atom is 0.490 e. The Bertz CT molecular complexity index is 678. The van der Waals surface area contributed by atoms with Crippen molar-refractivity contribution in [3.63, 3.8) is 0 Å². The van der Waals surface area contributed by atoms with Crippen molar-refractivity contribution in [1.82, 2.24) is 9.80 Å². The second-order valence-corrected chi connectivity index (χ2v) is 7.93. The molecule has 1 N–H and O–H groups in total. The minimum Gasteiger partial charge on any atom is -0.475 e. The Morgan fingerprint density at radius 1 is 1.52 bits per heavy atom. The van der Waals surface area contributed by atoms with Crippen molar-refractivity contribution in [2.75, 3.05) is 26.2 Å². The molecule has 3 heterocycles. The summed E-state index contributed by atoms with van der Waals surface area (Å²) in [5.41, 5.74) is -0.139. The molecule has 2 aliphatic rings. The quantitative estimate of drug-likeness (QED) is 0.783. The summed E-state index contributed by atoms with van der Waals surface area (Å²) in [5.74, 6) is -1.96. The molecule has 1 aromatic rings. The lowest BCUT2D eigenvalue weighted by Gasteiger charge is -2.26. The van der Waals surface area contributed by atoms with Gasteiger partial charge in [-0.15, -0.1) is 17.9 Å². The summed E-state index contributed by atoms with van der Waals surface area (Å²) < 4.78 is 31.7. The van der Waals surface area contributed by atoms with E-state index in [4.69, 9.17) is 9.90 Å². The molecule has 1 amide bonds. The van der Waals surface area contributed by atoms with Crippen LogP contribution in [0.1, 0.15) is 18.2 Å². The van der Waals surface area contributed by atoms with Crippen LogP contribution in [-0.4, -0.2) is 59.1 Å². The number of rotatable bonds is 4. The van der Waals surface area contributed by atoms with E-state index in [9.17, 15) is 18.0 Å². The molecule has 27 heavy (non-hydrogen) atoms. The molecule has 0 aliphatic carbocycles. The fraction of sp³-hybridized carbons (Fsp3) is 0.556. The number of carboxylic acid groups (broad SMARTS) is 1. The van der Waals surface area contributed by atoms with E-state index in [1.165, 1.54) is 4.88 Å². The van der Waals surface area contributed by atoms with Crippen LogP contribution in [0.2, 0.25) is 0 Å². The maximum absolute atomic E-state index is 12.7. The monoisotopic (exact) mass is 404 g/mol. The van der Waals surface area contributed by atoms with Crippen LogP contribution in [0.4, 0.5) is 13.2 Å². The average molecular weight is 404 g/mol. The van der Waals surface area contributed by atoms with Crippen molar-refractivity contribution >= 4 is 23.2 Å². The number of thiophene rings is 1. The summed E-state index contributed by atoms with van der Waals surface area (Å²) in [6.07, 6.45) is -2.25. The lowest BCUT2D eigenvalue weighted by Crippen LogP contribution is -2.39. The van der Waals surface area contributed by atoms with Gasteiger partial charge in [-0.25, -0.2) is 4.79 Å². The largest absolute Gasteiger partial charge is 0.490 e. The Morgan fingerprint density at radius 3 is 2.70 bits per heavy atom. The van der Waals surface area contributed by atoms with Gasteiger partial charge in [-0.2, -0.15) is 13.2 Å². The number of halogens is 3. The van der Waals surface area contributed by atoms with Gasteiger partial charge in [0.05, 0.1) is 5.41 Å². The SMILES string of the molecule is C=CCN1CC[C@]2(CN(Cc3cccs3)C[C@H]2C)C1=O.O=C(O)C(F)(F)F. The van der Waals surface area contributed by atoms with Gasteiger partial charge in [0.1, 0.15) is 0 Å². The van der Waals surface area contributed by atoms with Crippen LogP contribution >= 0.6 is 11.3 Å². The molecular formula is C18H23F3N2O3S. The standard InChI is InChI=1S/C16H22N2OS.C2HF3O2/c1-3-7-18-8-6-16(15(18)19)12-17(10-13(16)2)11-14-5-4-9-20-14;3-2(4,5)1(6)7/h3-5,9,13H,1,6-8,10-12H2,2H3;(H,6,7)/t13-,16-;/m1./s1. The van der Waals surface area contributed by atoms with Crippen LogP contribution in [0.25, 0.3) is 0 Å². The number of nitrogens with zero attached hydrogens (tertiary/aromatic N) is 2. The number of carboxylic acids is 1. The first-order valence-electron chi connectivity index (χ1n) is 8.55. The van der Waals surface area contributed by atoms with E-state index >= 15 is 0 Å². The molecule has 1 spiro atoms. The summed E-state index contributed by atoms with van der Waals surface area (Å²) in [6, 6.07) is 4.28. The van der Waals surface area contributed by atoms with Gasteiger partial charge < -0.3 is 10.0 Å². The van der Waals surface area contributed by atoms with Crippen LogP contribution in [-0.2, 0) is 16.1 Å². The molecule has 2 atom stereocenters. The van der Waals surface area contributed by atoms with Gasteiger partial charge in [0.15, 0.2) is 0 Å². The first-order chi connectivity index (χ1) is 12.6. The number of amides is 1. The Labute approximate surface area is 160 Å². The zero-order valence-electron chi connectivity index (χ0n) is 15.0. The molecule has 0 aromatic carbocycles. The highest BCUT2D eigenvalue weighted by molar-refractivity contribution is 7.09. The molecule has 2 saturated heterocycles. The van der Waals surface area contributed by atoms with Crippen molar-refractivity contribution < 1.29 is 27.9 Å². The average Bonchev–Trinajstić information content (AvgIpc) is 3.26. The lowest BCUT2D eigenvalue weighted by molar-refractivity contribution is -0.192. The molecule has 2 aliphatic heterocycles. The number of likely N-dealkylation sites (tertiary alicyclic amines) is 2. The van der Waals surface area contributed by atoms with Crippen molar-refractivity contribution in [3.8, 4) is 0 Å². The van der Waals surface area contributed by atoms with Gasteiger partial charge in [-0.3, -0.25) is 9.69 Å². The van der Waals surface area contributed by atoms with E-state index in [-0.39, 0.29) is 5.41 Å². The first-order valence-corrected chi connectivity index (χ1v) is 9.43. The summed E-state index contributed by atoms with van der Waals surface area (Å²) >= 11 is 1.80. The summed E-state index contributed by atoms with van der Waals surface area (Å²) in [6.45, 7) is 10.5. The molecule has 0 radical (unpaired) electrons. The minimum atomic E-state index is -5.08. The zero-order valence-corrected chi connectivity index (χ0v) is 15.9. The normalized spacial score (nSPS) is 25.6. The third-order valence-corrected chi connectivity index (χ3v) is 5.93. The third kappa shape index (κ3) is 4.90. The highest BCUT2D eigenvalue weighted by atomic mass is 32.1. The smallest absolute Gasteiger partial charge is 0.475 e. The Balaban J connectivity index is 0.000000321. The molecular weight excluding hydrogens is 381 g/mol. The Kier molecular flexibility index (Phi) is 6.69. The molecule has 0 unspecified atom stereocenters. The summed E-state index contributed by atoms with van der Waals surface area (Å²) in [4.78, 5) is 27.4. The number of carbonyl (C=O) groups is 2. The topological polar surface area (TPSA) is 60.9 Å². The van der Waals surface area contributed by atoms with Crippen molar-refractivity contribution in [1.29, 1.82) is 0 Å². The molecule has 9 heteroatoms. The van der Waals surface area contributed by atoms with Gasteiger partial charge in [-0.1, -0.05) is 19.1 Å². The molecule has 0 bridgehead atoms. The number of alkyl halides is 3. The van der Waals surface area contributed by atoms with Gasteiger partial charge in [0, 0.05) is 37.6 Å². The Morgan fingerprint density at radius 2 is 2.19 bits per heavy atom. The van der Waals surface area contributed by atoms with E-state index in [1.54, 1.807) is 11.3 Å². The highest BCUT2D eigenvalue weighted by Gasteiger charge is 2.54. The fourth-order valence-electron chi connectivity index (χ4n) is 3.72. The zero-order chi connectivity index (χ0) is 20.2. The molecule has 3 rings (SSSR count). The van der Waals surface area contributed by atoms with Crippen molar-refractivity contribution in [2.24, 2.45) is 11.3 Å². The van der Waals surface area contributed by atoms with Crippen LogP contribution in [0, 0.1) is 11.3 Å². The van der Waals surface area contributed by atoms with Gasteiger partial charge in [-0.05, 0) is 23.8 Å². The van der Waals surface area contributed by atoms with Crippen LogP contribution in [0.3, 0.4) is 0 Å². The lowest BCUT2D eigenvalue weighted by atomic mass is 9.78. The van der Waals surface area contributed by atoms with Gasteiger partial charge in [0.25, 0.3) is 0 Å². The summed E-state index contributed by atoms with van der Waals surface area (Å²) in [5, 5.41) is 9.25. The molecule has 0 saturated carbocycles. The van der Waals surface area contributed by atoms with Crippen LogP contribution in [0.5, 0.6) is 0 Å². The number of hydrogen-bond acceptors (Lipinski definition) is 4. The third-order valence-electron chi connectivity index (χ3n) is 5.07. The molecule has 150 valence electrons. The molecule has 2 fully saturated rings. The molecule has 1 aromatic heterocycles. The second kappa shape index (κ2) is 8.43. The number of carbonyl (C=O) groups excluding carboxylic acids is 1.